The normalized spacial score (nSPS) is 17.1. The Morgan fingerprint density at radius 3 is 2.92 bits per heavy atom. The van der Waals surface area contributed by atoms with Gasteiger partial charge in [-0.2, -0.15) is 0 Å². The Morgan fingerprint density at radius 1 is 1.40 bits per heavy atom. The van der Waals surface area contributed by atoms with Crippen molar-refractivity contribution in [3.63, 3.8) is 0 Å². The van der Waals surface area contributed by atoms with Gasteiger partial charge in [0.25, 0.3) is 0 Å². The molecule has 2 aromatic heterocycles. The first-order chi connectivity index (χ1) is 12.0. The standard InChI is InChI=1S/C18H22N4O2S/c1-13-16(25-12-20-13)6-8-21(2)18(24)14-9-17(23)22(10-14)11-15-5-3-4-7-19-15/h3-5,7,12,14H,6,8-11H2,1-2H3/t14-/m0/s1. The van der Waals surface area contributed by atoms with E-state index in [1.165, 1.54) is 4.88 Å². The van der Waals surface area contributed by atoms with Crippen molar-refractivity contribution in [3.8, 4) is 0 Å². The summed E-state index contributed by atoms with van der Waals surface area (Å²) in [6.45, 7) is 3.57. The van der Waals surface area contributed by atoms with Crippen molar-refractivity contribution in [1.82, 2.24) is 19.8 Å². The molecule has 1 saturated heterocycles. The number of aryl methyl sites for hydroxylation is 1. The van der Waals surface area contributed by atoms with Gasteiger partial charge < -0.3 is 9.80 Å². The highest BCUT2D eigenvalue weighted by atomic mass is 32.1. The molecule has 7 heteroatoms. The summed E-state index contributed by atoms with van der Waals surface area (Å²) in [6.07, 6.45) is 2.81. The molecule has 1 fully saturated rings. The fourth-order valence-corrected chi connectivity index (χ4v) is 3.81. The van der Waals surface area contributed by atoms with Crippen LogP contribution >= 0.6 is 11.3 Å². The van der Waals surface area contributed by atoms with Crippen LogP contribution in [-0.2, 0) is 22.6 Å². The van der Waals surface area contributed by atoms with E-state index in [4.69, 9.17) is 0 Å². The Labute approximate surface area is 151 Å². The largest absolute Gasteiger partial charge is 0.345 e. The Kier molecular flexibility index (Phi) is 5.43. The van der Waals surface area contributed by atoms with Gasteiger partial charge in [0.05, 0.1) is 29.4 Å². The third kappa shape index (κ3) is 4.22. The van der Waals surface area contributed by atoms with Crippen LogP contribution in [0.25, 0.3) is 0 Å². The Morgan fingerprint density at radius 2 is 2.24 bits per heavy atom. The first-order valence-corrected chi connectivity index (χ1v) is 9.24. The molecular formula is C18H22N4O2S. The van der Waals surface area contributed by atoms with Gasteiger partial charge in [-0.15, -0.1) is 11.3 Å². The summed E-state index contributed by atoms with van der Waals surface area (Å²) >= 11 is 1.62. The van der Waals surface area contributed by atoms with Gasteiger partial charge in [0.1, 0.15) is 0 Å². The van der Waals surface area contributed by atoms with Crippen LogP contribution in [0.3, 0.4) is 0 Å². The Hall–Kier alpha value is -2.28. The number of likely N-dealkylation sites (N-methyl/N-ethyl adjacent to an activating group) is 1. The highest BCUT2D eigenvalue weighted by Crippen LogP contribution is 2.22. The van der Waals surface area contributed by atoms with Crippen molar-refractivity contribution in [2.45, 2.75) is 26.3 Å². The maximum atomic E-state index is 12.7. The van der Waals surface area contributed by atoms with E-state index in [1.54, 1.807) is 27.3 Å². The van der Waals surface area contributed by atoms with Gasteiger partial charge in [0.15, 0.2) is 0 Å². The van der Waals surface area contributed by atoms with Gasteiger partial charge in [0.2, 0.25) is 11.8 Å². The zero-order valence-electron chi connectivity index (χ0n) is 14.5. The molecular weight excluding hydrogens is 336 g/mol. The molecule has 0 bridgehead atoms. The van der Waals surface area contributed by atoms with Gasteiger partial charge in [-0.25, -0.2) is 4.98 Å². The zero-order valence-corrected chi connectivity index (χ0v) is 15.3. The minimum atomic E-state index is -0.260. The quantitative estimate of drug-likeness (QED) is 0.791. The predicted octanol–water partition coefficient (Wildman–Crippen LogP) is 1.90. The first-order valence-electron chi connectivity index (χ1n) is 8.36. The summed E-state index contributed by atoms with van der Waals surface area (Å²) in [5.74, 6) is -0.196. The summed E-state index contributed by atoms with van der Waals surface area (Å²) in [5, 5.41) is 0. The molecule has 0 saturated carbocycles. The summed E-state index contributed by atoms with van der Waals surface area (Å²) in [7, 11) is 1.81. The molecule has 2 amide bonds. The number of hydrogen-bond donors (Lipinski definition) is 0. The van der Waals surface area contributed by atoms with Gasteiger partial charge in [-0.1, -0.05) is 6.07 Å². The van der Waals surface area contributed by atoms with Crippen molar-refractivity contribution in [2.75, 3.05) is 20.1 Å². The molecule has 0 unspecified atom stereocenters. The fourth-order valence-electron chi connectivity index (χ4n) is 3.03. The van der Waals surface area contributed by atoms with E-state index < -0.39 is 0 Å². The average molecular weight is 358 g/mol. The molecule has 1 aliphatic rings. The molecule has 0 spiro atoms. The van der Waals surface area contributed by atoms with Crippen LogP contribution in [-0.4, -0.2) is 51.7 Å². The highest BCUT2D eigenvalue weighted by Gasteiger charge is 2.35. The lowest BCUT2D eigenvalue weighted by atomic mass is 10.1. The number of nitrogens with zero attached hydrogens (tertiary/aromatic N) is 4. The van der Waals surface area contributed by atoms with Crippen molar-refractivity contribution in [3.05, 3.63) is 46.2 Å². The molecule has 6 nitrogen and oxygen atoms in total. The fraction of sp³-hybridized carbons (Fsp3) is 0.444. The van der Waals surface area contributed by atoms with Gasteiger partial charge in [-0.3, -0.25) is 14.6 Å². The lowest BCUT2D eigenvalue weighted by Crippen LogP contribution is -2.35. The molecule has 0 aliphatic carbocycles. The number of pyridine rings is 1. The smallest absolute Gasteiger partial charge is 0.227 e. The first kappa shape index (κ1) is 17.5. The van der Waals surface area contributed by atoms with Crippen molar-refractivity contribution >= 4 is 23.2 Å². The second-order valence-corrected chi connectivity index (χ2v) is 7.31. The monoisotopic (exact) mass is 358 g/mol. The maximum Gasteiger partial charge on any atom is 0.227 e. The van der Waals surface area contributed by atoms with E-state index in [0.717, 1.165) is 17.8 Å². The molecule has 0 radical (unpaired) electrons. The molecule has 3 heterocycles. The van der Waals surface area contributed by atoms with Crippen molar-refractivity contribution in [2.24, 2.45) is 5.92 Å². The van der Waals surface area contributed by atoms with E-state index in [-0.39, 0.29) is 24.2 Å². The van der Waals surface area contributed by atoms with Crippen LogP contribution in [0.4, 0.5) is 0 Å². The minimum Gasteiger partial charge on any atom is -0.345 e. The van der Waals surface area contributed by atoms with Gasteiger partial charge in [-0.05, 0) is 19.1 Å². The molecule has 132 valence electrons. The number of aromatic nitrogens is 2. The molecule has 1 aliphatic heterocycles. The second-order valence-electron chi connectivity index (χ2n) is 6.37. The maximum absolute atomic E-state index is 12.7. The number of thiazole rings is 1. The number of amides is 2. The summed E-state index contributed by atoms with van der Waals surface area (Å²) in [5.41, 5.74) is 3.71. The third-order valence-electron chi connectivity index (χ3n) is 4.54. The van der Waals surface area contributed by atoms with Crippen LogP contribution in [0, 0.1) is 12.8 Å². The SMILES string of the molecule is Cc1ncsc1CCN(C)C(=O)[C@H]1CC(=O)N(Cc2ccccn2)C1. The third-order valence-corrected chi connectivity index (χ3v) is 5.53. The van der Waals surface area contributed by atoms with Crippen LogP contribution < -0.4 is 0 Å². The lowest BCUT2D eigenvalue weighted by Gasteiger charge is -2.21. The van der Waals surface area contributed by atoms with Gasteiger partial charge >= 0.3 is 0 Å². The molecule has 1 atom stereocenters. The highest BCUT2D eigenvalue weighted by molar-refractivity contribution is 7.09. The molecule has 0 N–H and O–H groups in total. The van der Waals surface area contributed by atoms with E-state index in [9.17, 15) is 9.59 Å². The number of rotatable bonds is 6. The minimum absolute atomic E-state index is 0.0238. The number of hydrogen-bond acceptors (Lipinski definition) is 5. The number of carbonyl (C=O) groups excluding carboxylic acids is 2. The topological polar surface area (TPSA) is 66.4 Å². The van der Waals surface area contributed by atoms with Crippen LogP contribution in [0.5, 0.6) is 0 Å². The van der Waals surface area contributed by atoms with Gasteiger partial charge in [0, 0.05) is 44.1 Å². The van der Waals surface area contributed by atoms with E-state index in [0.29, 0.717) is 19.6 Å². The van der Waals surface area contributed by atoms with E-state index >= 15 is 0 Å². The van der Waals surface area contributed by atoms with E-state index in [2.05, 4.69) is 9.97 Å². The van der Waals surface area contributed by atoms with Crippen LogP contribution in [0.1, 0.15) is 22.7 Å². The lowest BCUT2D eigenvalue weighted by molar-refractivity contribution is -0.134. The van der Waals surface area contributed by atoms with Crippen LogP contribution in [0.2, 0.25) is 0 Å². The van der Waals surface area contributed by atoms with Crippen molar-refractivity contribution in [1.29, 1.82) is 0 Å². The molecule has 3 rings (SSSR count). The predicted molar refractivity (Wildman–Crippen MR) is 96.0 cm³/mol. The number of carbonyl (C=O) groups is 2. The molecule has 25 heavy (non-hydrogen) atoms. The van der Waals surface area contributed by atoms with E-state index in [1.807, 2.05) is 37.7 Å². The Balaban J connectivity index is 1.54. The molecule has 2 aromatic rings. The zero-order chi connectivity index (χ0) is 17.8. The van der Waals surface area contributed by atoms with Crippen LogP contribution in [0.15, 0.2) is 29.9 Å². The average Bonchev–Trinajstić information content (AvgIpc) is 3.19. The number of likely N-dealkylation sites (tertiary alicyclic amines) is 1. The second kappa shape index (κ2) is 7.74. The summed E-state index contributed by atoms with van der Waals surface area (Å²) in [6, 6.07) is 5.65. The van der Waals surface area contributed by atoms with Crippen molar-refractivity contribution < 1.29 is 9.59 Å². The Bertz CT molecular complexity index is 747. The summed E-state index contributed by atoms with van der Waals surface area (Å²) < 4.78 is 0. The molecule has 0 aromatic carbocycles. The summed E-state index contributed by atoms with van der Waals surface area (Å²) in [4.78, 5) is 38.0.